The number of nitrogens with two attached hydrogens (primary N) is 1. The molecule has 3 heteroatoms. The molecular weight excluding hydrogens is 256 g/mol. The highest BCUT2D eigenvalue weighted by molar-refractivity contribution is 5.85. The fourth-order valence-corrected chi connectivity index (χ4v) is 3.06. The van der Waals surface area contributed by atoms with Crippen molar-refractivity contribution < 1.29 is 0 Å². The van der Waals surface area contributed by atoms with Crippen LogP contribution < -0.4 is 5.73 Å². The topological polar surface area (TPSA) is 29.3 Å². The van der Waals surface area contributed by atoms with E-state index in [1.54, 1.807) is 5.56 Å². The molecule has 2 nitrogen and oxygen atoms in total. The first-order valence-electron chi connectivity index (χ1n) is 7.29. The zero-order valence-corrected chi connectivity index (χ0v) is 12.5. The molecule has 0 bridgehead atoms. The van der Waals surface area contributed by atoms with Crippen molar-refractivity contribution in [1.29, 1.82) is 0 Å². The van der Waals surface area contributed by atoms with Gasteiger partial charge in [-0.25, -0.2) is 0 Å². The minimum atomic E-state index is 0. The maximum absolute atomic E-state index is 6.00. The van der Waals surface area contributed by atoms with Gasteiger partial charge >= 0.3 is 0 Å². The summed E-state index contributed by atoms with van der Waals surface area (Å²) in [5.74, 6) is 1.55. The normalized spacial score (nSPS) is 25.1. The number of benzene rings is 1. The maximum Gasteiger partial charge on any atom is 0.0233 e. The fraction of sp³-hybridized carbons (Fsp3) is 0.625. The molecule has 106 valence electrons. The summed E-state index contributed by atoms with van der Waals surface area (Å²) in [6.45, 7) is 5.62. The maximum atomic E-state index is 6.00. The standard InChI is InChI=1S/C16H24N2.ClH/c1-12(17)16-7-8-18(11-16)10-13-3-2-4-15(9-13)14-5-6-14;/h2-4,9,12,14,16H,5-8,10-11,17H2,1H3;1H. The molecule has 0 amide bonds. The molecule has 2 N–H and O–H groups in total. The zero-order chi connectivity index (χ0) is 12.5. The monoisotopic (exact) mass is 280 g/mol. The van der Waals surface area contributed by atoms with E-state index in [1.807, 2.05) is 0 Å². The van der Waals surface area contributed by atoms with Gasteiger partial charge < -0.3 is 5.73 Å². The minimum Gasteiger partial charge on any atom is -0.328 e. The lowest BCUT2D eigenvalue weighted by molar-refractivity contribution is 0.308. The molecule has 3 rings (SSSR count). The molecule has 1 aromatic carbocycles. The molecule has 2 unspecified atom stereocenters. The van der Waals surface area contributed by atoms with E-state index < -0.39 is 0 Å². The number of likely N-dealkylation sites (tertiary alicyclic amines) is 1. The summed E-state index contributed by atoms with van der Waals surface area (Å²) in [4.78, 5) is 2.56. The van der Waals surface area contributed by atoms with E-state index in [0.29, 0.717) is 12.0 Å². The van der Waals surface area contributed by atoms with Crippen LogP contribution in [0.1, 0.15) is 43.2 Å². The Kier molecular flexibility index (Phi) is 4.88. The molecule has 1 aliphatic carbocycles. The lowest BCUT2D eigenvalue weighted by Crippen LogP contribution is -2.29. The minimum absolute atomic E-state index is 0. The van der Waals surface area contributed by atoms with Crippen molar-refractivity contribution in [3.63, 3.8) is 0 Å². The first-order chi connectivity index (χ1) is 8.72. The molecule has 0 radical (unpaired) electrons. The van der Waals surface area contributed by atoms with Crippen molar-refractivity contribution in [2.24, 2.45) is 11.7 Å². The summed E-state index contributed by atoms with van der Waals surface area (Å²) in [6, 6.07) is 9.53. The van der Waals surface area contributed by atoms with Gasteiger partial charge in [-0.05, 0) is 55.7 Å². The summed E-state index contributed by atoms with van der Waals surface area (Å²) in [6.07, 6.45) is 4.04. The molecule has 19 heavy (non-hydrogen) atoms. The van der Waals surface area contributed by atoms with E-state index >= 15 is 0 Å². The first-order valence-corrected chi connectivity index (χ1v) is 7.29. The van der Waals surface area contributed by atoms with Gasteiger partial charge in [-0.15, -0.1) is 12.4 Å². The first kappa shape index (κ1) is 14.8. The van der Waals surface area contributed by atoms with Gasteiger partial charge in [0.15, 0.2) is 0 Å². The highest BCUT2D eigenvalue weighted by atomic mass is 35.5. The molecule has 1 saturated heterocycles. The van der Waals surface area contributed by atoms with E-state index in [1.165, 1.54) is 37.9 Å². The van der Waals surface area contributed by atoms with Crippen LogP contribution in [0.3, 0.4) is 0 Å². The van der Waals surface area contributed by atoms with Crippen molar-refractivity contribution in [3.05, 3.63) is 35.4 Å². The Balaban J connectivity index is 0.00000133. The smallest absolute Gasteiger partial charge is 0.0233 e. The van der Waals surface area contributed by atoms with Gasteiger partial charge in [0.1, 0.15) is 0 Å². The van der Waals surface area contributed by atoms with Gasteiger partial charge in [-0.3, -0.25) is 4.90 Å². The molecule has 1 aromatic rings. The average molecular weight is 281 g/mol. The van der Waals surface area contributed by atoms with Gasteiger partial charge in [-0.1, -0.05) is 24.3 Å². The third-order valence-electron chi connectivity index (χ3n) is 4.46. The van der Waals surface area contributed by atoms with Crippen LogP contribution in [0.15, 0.2) is 24.3 Å². The third-order valence-corrected chi connectivity index (χ3v) is 4.46. The Morgan fingerprint density at radius 1 is 1.32 bits per heavy atom. The third kappa shape index (κ3) is 3.71. The second-order valence-corrected chi connectivity index (χ2v) is 6.16. The van der Waals surface area contributed by atoms with E-state index in [9.17, 15) is 0 Å². The van der Waals surface area contributed by atoms with Gasteiger partial charge in [0, 0.05) is 19.1 Å². The summed E-state index contributed by atoms with van der Waals surface area (Å²) >= 11 is 0. The molecule has 1 heterocycles. The summed E-state index contributed by atoms with van der Waals surface area (Å²) in [7, 11) is 0. The predicted octanol–water partition coefficient (Wildman–Crippen LogP) is 3.15. The highest BCUT2D eigenvalue weighted by Crippen LogP contribution is 2.40. The van der Waals surface area contributed by atoms with Gasteiger partial charge in [-0.2, -0.15) is 0 Å². The van der Waals surface area contributed by atoms with Crippen molar-refractivity contribution in [3.8, 4) is 0 Å². The second kappa shape index (κ2) is 6.25. The van der Waals surface area contributed by atoms with Crippen molar-refractivity contribution in [2.45, 2.75) is 44.7 Å². The lowest BCUT2D eigenvalue weighted by atomic mass is 10.0. The summed E-state index contributed by atoms with van der Waals surface area (Å²) in [5.41, 5.74) is 9.03. The molecule has 2 fully saturated rings. The predicted molar refractivity (Wildman–Crippen MR) is 82.7 cm³/mol. The van der Waals surface area contributed by atoms with Crippen LogP contribution in [0.5, 0.6) is 0 Å². The molecular formula is C16H25ClN2. The average Bonchev–Trinajstić information content (AvgIpc) is 3.10. The van der Waals surface area contributed by atoms with E-state index in [0.717, 1.165) is 12.5 Å². The van der Waals surface area contributed by atoms with Crippen LogP contribution in [0, 0.1) is 5.92 Å². The van der Waals surface area contributed by atoms with Crippen LogP contribution in [0.2, 0.25) is 0 Å². The molecule has 0 aromatic heterocycles. The quantitative estimate of drug-likeness (QED) is 0.918. The molecule has 0 spiro atoms. The molecule has 1 aliphatic heterocycles. The van der Waals surface area contributed by atoms with Gasteiger partial charge in [0.2, 0.25) is 0 Å². The molecule has 1 saturated carbocycles. The summed E-state index contributed by atoms with van der Waals surface area (Å²) < 4.78 is 0. The Labute approximate surface area is 122 Å². The van der Waals surface area contributed by atoms with Crippen LogP contribution in [-0.4, -0.2) is 24.0 Å². The van der Waals surface area contributed by atoms with E-state index in [-0.39, 0.29) is 12.4 Å². The van der Waals surface area contributed by atoms with Crippen molar-refractivity contribution >= 4 is 12.4 Å². The lowest BCUT2D eigenvalue weighted by Gasteiger charge is -2.18. The Morgan fingerprint density at radius 2 is 2.11 bits per heavy atom. The zero-order valence-electron chi connectivity index (χ0n) is 11.7. The second-order valence-electron chi connectivity index (χ2n) is 6.16. The molecule has 2 atom stereocenters. The fourth-order valence-electron chi connectivity index (χ4n) is 3.06. The highest BCUT2D eigenvalue weighted by Gasteiger charge is 2.26. The van der Waals surface area contributed by atoms with Crippen LogP contribution in [0.25, 0.3) is 0 Å². The van der Waals surface area contributed by atoms with E-state index in [4.69, 9.17) is 5.73 Å². The number of nitrogens with zero attached hydrogens (tertiary/aromatic N) is 1. The number of hydrogen-bond donors (Lipinski definition) is 1. The van der Waals surface area contributed by atoms with Crippen molar-refractivity contribution in [1.82, 2.24) is 4.90 Å². The summed E-state index contributed by atoms with van der Waals surface area (Å²) in [5, 5.41) is 0. The Morgan fingerprint density at radius 3 is 2.74 bits per heavy atom. The molecule has 2 aliphatic rings. The van der Waals surface area contributed by atoms with E-state index in [2.05, 4.69) is 36.1 Å². The largest absolute Gasteiger partial charge is 0.328 e. The van der Waals surface area contributed by atoms with Crippen LogP contribution in [0.4, 0.5) is 0 Å². The number of halogens is 1. The van der Waals surface area contributed by atoms with Gasteiger partial charge in [0.05, 0.1) is 0 Å². The van der Waals surface area contributed by atoms with Gasteiger partial charge in [0.25, 0.3) is 0 Å². The number of rotatable bonds is 4. The van der Waals surface area contributed by atoms with Crippen LogP contribution >= 0.6 is 12.4 Å². The Hall–Kier alpha value is -0.570. The Bertz CT molecular complexity index is 415. The SMILES string of the molecule is CC(N)C1CCN(Cc2cccc(C3CC3)c2)C1.Cl. The van der Waals surface area contributed by atoms with Crippen LogP contribution in [-0.2, 0) is 6.54 Å². The van der Waals surface area contributed by atoms with Crippen molar-refractivity contribution in [2.75, 3.05) is 13.1 Å². The number of hydrogen-bond acceptors (Lipinski definition) is 2.